The van der Waals surface area contributed by atoms with Gasteiger partial charge in [0.1, 0.15) is 10.4 Å². The number of hydrogen-bond acceptors (Lipinski definition) is 4. The van der Waals surface area contributed by atoms with E-state index in [1.807, 2.05) is 0 Å². The van der Waals surface area contributed by atoms with Gasteiger partial charge in [-0.15, -0.1) is 0 Å². The fourth-order valence-electron chi connectivity index (χ4n) is 2.94. The molecular weight excluding hydrogens is 294 g/mol. The van der Waals surface area contributed by atoms with E-state index in [-0.39, 0.29) is 4.90 Å². The zero-order chi connectivity index (χ0) is 15.7. The van der Waals surface area contributed by atoms with Crippen molar-refractivity contribution in [3.63, 3.8) is 0 Å². The second kappa shape index (κ2) is 5.76. The summed E-state index contributed by atoms with van der Waals surface area (Å²) < 4.78 is 27.6. The third-order valence-corrected chi connectivity index (χ3v) is 5.82. The average molecular weight is 315 g/mol. The van der Waals surface area contributed by atoms with Gasteiger partial charge in [0.25, 0.3) is 0 Å². The molecule has 0 radical (unpaired) electrons. The van der Waals surface area contributed by atoms with Crippen LogP contribution in [0.3, 0.4) is 0 Å². The average Bonchev–Trinajstić information content (AvgIpc) is 2.61. The largest absolute Gasteiger partial charge is 0.480 e. The number of carboxylic acids is 1. The molecule has 1 aromatic heterocycles. The van der Waals surface area contributed by atoms with Gasteiger partial charge >= 0.3 is 5.97 Å². The van der Waals surface area contributed by atoms with E-state index < -0.39 is 21.5 Å². The molecule has 0 saturated heterocycles. The van der Waals surface area contributed by atoms with Crippen LogP contribution in [0.15, 0.2) is 4.90 Å². The third kappa shape index (κ3) is 3.11. The Hall–Kier alpha value is -1.41. The number of carbonyl (C=O) groups is 1. The highest BCUT2D eigenvalue weighted by atomic mass is 32.2. The number of rotatable bonds is 4. The van der Waals surface area contributed by atoms with Gasteiger partial charge in [-0.3, -0.25) is 9.89 Å². The van der Waals surface area contributed by atoms with Crippen LogP contribution in [0.5, 0.6) is 0 Å². The fourth-order valence-corrected chi connectivity index (χ4v) is 4.73. The fraction of sp³-hybridized carbons (Fsp3) is 0.692. The molecular formula is C13H21N3O4S. The minimum Gasteiger partial charge on any atom is -0.480 e. The van der Waals surface area contributed by atoms with Gasteiger partial charge in [-0.05, 0) is 26.7 Å². The lowest BCUT2D eigenvalue weighted by molar-refractivity contribution is -0.144. The molecule has 1 saturated carbocycles. The molecule has 21 heavy (non-hydrogen) atoms. The Morgan fingerprint density at radius 3 is 2.24 bits per heavy atom. The molecule has 0 atom stereocenters. The van der Waals surface area contributed by atoms with E-state index in [1.165, 1.54) is 0 Å². The van der Waals surface area contributed by atoms with Crippen LogP contribution in [0.2, 0.25) is 0 Å². The molecule has 0 unspecified atom stereocenters. The summed E-state index contributed by atoms with van der Waals surface area (Å²) in [5.74, 6) is -1.10. The van der Waals surface area contributed by atoms with Crippen molar-refractivity contribution in [2.24, 2.45) is 0 Å². The van der Waals surface area contributed by atoms with Gasteiger partial charge in [-0.1, -0.05) is 25.7 Å². The van der Waals surface area contributed by atoms with Gasteiger partial charge in [0.05, 0.1) is 11.4 Å². The van der Waals surface area contributed by atoms with E-state index in [2.05, 4.69) is 14.9 Å². The molecule has 118 valence electrons. The first-order valence-electron chi connectivity index (χ1n) is 7.07. The molecule has 1 aliphatic carbocycles. The number of aromatic amines is 1. The third-order valence-electron chi connectivity index (χ3n) is 4.03. The van der Waals surface area contributed by atoms with Crippen LogP contribution in [-0.4, -0.2) is 35.2 Å². The second-order valence-electron chi connectivity index (χ2n) is 5.67. The van der Waals surface area contributed by atoms with E-state index in [4.69, 9.17) is 0 Å². The van der Waals surface area contributed by atoms with Crippen molar-refractivity contribution in [2.45, 2.75) is 62.8 Å². The quantitative estimate of drug-likeness (QED) is 0.729. The summed E-state index contributed by atoms with van der Waals surface area (Å²) >= 11 is 0. The summed E-state index contributed by atoms with van der Waals surface area (Å²) in [4.78, 5) is 11.7. The highest BCUT2D eigenvalue weighted by Crippen LogP contribution is 2.30. The first-order chi connectivity index (χ1) is 9.78. The van der Waals surface area contributed by atoms with Crippen LogP contribution in [-0.2, 0) is 14.8 Å². The number of aryl methyl sites for hydroxylation is 2. The van der Waals surface area contributed by atoms with Crippen LogP contribution < -0.4 is 4.72 Å². The molecule has 2 rings (SSSR count). The number of sulfonamides is 1. The van der Waals surface area contributed by atoms with Crippen molar-refractivity contribution in [1.82, 2.24) is 14.9 Å². The van der Waals surface area contributed by atoms with Crippen molar-refractivity contribution in [3.05, 3.63) is 11.4 Å². The second-order valence-corrected chi connectivity index (χ2v) is 7.29. The highest BCUT2D eigenvalue weighted by molar-refractivity contribution is 7.89. The SMILES string of the molecule is Cc1n[nH]c(C)c1S(=O)(=O)NC1(C(=O)O)CCCCCC1. The number of nitrogens with one attached hydrogen (secondary N) is 2. The van der Waals surface area contributed by atoms with Gasteiger partial charge in [0, 0.05) is 0 Å². The molecule has 1 aliphatic rings. The van der Waals surface area contributed by atoms with Crippen molar-refractivity contribution >= 4 is 16.0 Å². The van der Waals surface area contributed by atoms with Gasteiger partial charge in [-0.25, -0.2) is 8.42 Å². The van der Waals surface area contributed by atoms with E-state index >= 15 is 0 Å². The standard InChI is InChI=1S/C13H21N3O4S/c1-9-11(10(2)15-14-9)21(19,20)16-13(12(17)18)7-5-3-4-6-8-13/h16H,3-8H2,1-2H3,(H,14,15)(H,17,18). The first-order valence-corrected chi connectivity index (χ1v) is 8.56. The van der Waals surface area contributed by atoms with Gasteiger partial charge < -0.3 is 5.11 Å². The van der Waals surface area contributed by atoms with Gasteiger partial charge in [0.15, 0.2) is 0 Å². The molecule has 0 aliphatic heterocycles. The van der Waals surface area contributed by atoms with Crippen LogP contribution in [0.1, 0.15) is 49.9 Å². The Bertz CT molecular complexity index is 608. The van der Waals surface area contributed by atoms with E-state index in [1.54, 1.807) is 13.8 Å². The zero-order valence-corrected chi connectivity index (χ0v) is 13.1. The van der Waals surface area contributed by atoms with Crippen LogP contribution in [0.25, 0.3) is 0 Å². The number of aromatic nitrogens is 2. The number of H-pyrrole nitrogens is 1. The van der Waals surface area contributed by atoms with E-state index in [0.717, 1.165) is 12.8 Å². The van der Waals surface area contributed by atoms with Crippen molar-refractivity contribution < 1.29 is 18.3 Å². The zero-order valence-electron chi connectivity index (χ0n) is 12.3. The molecule has 1 heterocycles. The lowest BCUT2D eigenvalue weighted by Gasteiger charge is -2.28. The van der Waals surface area contributed by atoms with Crippen molar-refractivity contribution in [2.75, 3.05) is 0 Å². The molecule has 0 amide bonds. The molecule has 0 aromatic carbocycles. The summed E-state index contributed by atoms with van der Waals surface area (Å²) in [6.07, 6.45) is 3.91. The minimum absolute atomic E-state index is 0.0485. The number of nitrogens with zero attached hydrogens (tertiary/aromatic N) is 1. The van der Waals surface area contributed by atoms with Crippen molar-refractivity contribution in [3.8, 4) is 0 Å². The Labute approximate surface area is 124 Å². The summed E-state index contributed by atoms with van der Waals surface area (Å²) in [6.45, 7) is 3.19. The summed E-state index contributed by atoms with van der Waals surface area (Å²) in [6, 6.07) is 0. The summed E-state index contributed by atoms with van der Waals surface area (Å²) in [5.41, 5.74) is -0.658. The molecule has 0 bridgehead atoms. The van der Waals surface area contributed by atoms with E-state index in [0.29, 0.717) is 37.1 Å². The smallest absolute Gasteiger partial charge is 0.324 e. The lowest BCUT2D eigenvalue weighted by atomic mass is 9.92. The number of aliphatic carboxylic acids is 1. The first kappa shape index (κ1) is 16.0. The Balaban J connectivity index is 2.38. The maximum Gasteiger partial charge on any atom is 0.324 e. The molecule has 1 aromatic rings. The predicted molar refractivity (Wildman–Crippen MR) is 76.5 cm³/mol. The maximum absolute atomic E-state index is 12.6. The molecule has 8 heteroatoms. The lowest BCUT2D eigenvalue weighted by Crippen LogP contribution is -2.54. The van der Waals surface area contributed by atoms with Gasteiger partial charge in [0.2, 0.25) is 10.0 Å². The normalized spacial score (nSPS) is 19.1. The predicted octanol–water partition coefficient (Wildman–Crippen LogP) is 1.48. The van der Waals surface area contributed by atoms with E-state index in [9.17, 15) is 18.3 Å². The minimum atomic E-state index is -3.92. The highest BCUT2D eigenvalue weighted by Gasteiger charge is 2.43. The topological polar surface area (TPSA) is 112 Å². The molecule has 3 N–H and O–H groups in total. The summed E-state index contributed by atoms with van der Waals surface area (Å²) in [7, 11) is -3.92. The number of hydrogen-bond donors (Lipinski definition) is 3. The van der Waals surface area contributed by atoms with Crippen LogP contribution in [0, 0.1) is 13.8 Å². The monoisotopic (exact) mass is 315 g/mol. The molecule has 7 nitrogen and oxygen atoms in total. The Morgan fingerprint density at radius 2 is 1.81 bits per heavy atom. The van der Waals surface area contributed by atoms with Gasteiger partial charge in [-0.2, -0.15) is 9.82 Å². The summed E-state index contributed by atoms with van der Waals surface area (Å²) in [5, 5.41) is 16.1. The molecule has 0 spiro atoms. The van der Waals surface area contributed by atoms with Crippen molar-refractivity contribution in [1.29, 1.82) is 0 Å². The maximum atomic E-state index is 12.6. The van der Waals surface area contributed by atoms with Crippen LogP contribution >= 0.6 is 0 Å². The van der Waals surface area contributed by atoms with Crippen LogP contribution in [0.4, 0.5) is 0 Å². The molecule has 1 fully saturated rings. The Morgan fingerprint density at radius 1 is 1.24 bits per heavy atom. The Kier molecular flexibility index (Phi) is 4.38. The number of carboxylic acid groups (broad SMARTS) is 1.